The lowest BCUT2D eigenvalue weighted by molar-refractivity contribution is -0.122. The van der Waals surface area contributed by atoms with Crippen LogP contribution in [0.25, 0.3) is 21.9 Å². The molecule has 0 saturated carbocycles. The Balaban J connectivity index is 1.52. The van der Waals surface area contributed by atoms with E-state index >= 15 is 0 Å². The number of methoxy groups -OCH3 is 2. The van der Waals surface area contributed by atoms with Gasteiger partial charge in [0.1, 0.15) is 18.1 Å². The molecule has 4 aromatic rings. The van der Waals surface area contributed by atoms with Crippen molar-refractivity contribution in [3.05, 3.63) is 60.6 Å². The normalized spacial score (nSPS) is 12.4. The molecule has 1 N–H and O–H groups in total. The van der Waals surface area contributed by atoms with Gasteiger partial charge in [-0.15, -0.1) is 0 Å². The summed E-state index contributed by atoms with van der Waals surface area (Å²) in [7, 11) is 3.33. The van der Waals surface area contributed by atoms with E-state index in [1.807, 2.05) is 66.2 Å². The minimum Gasteiger partial charge on any atom is -0.497 e. The molecular weight excluding hydrogens is 380 g/mol. The predicted octanol–water partition coefficient (Wildman–Crippen LogP) is 3.52. The van der Waals surface area contributed by atoms with Crippen LogP contribution in [0, 0.1) is 0 Å². The highest BCUT2D eigenvalue weighted by Gasteiger charge is 2.18. The maximum atomic E-state index is 12.8. The zero-order chi connectivity index (χ0) is 21.1. The Bertz CT molecular complexity index is 1180. The van der Waals surface area contributed by atoms with Crippen molar-refractivity contribution in [1.82, 2.24) is 19.4 Å². The second kappa shape index (κ2) is 8.59. The van der Waals surface area contributed by atoms with Gasteiger partial charge in [0.25, 0.3) is 0 Å². The molecule has 0 bridgehead atoms. The monoisotopic (exact) mass is 406 g/mol. The van der Waals surface area contributed by atoms with Gasteiger partial charge in [-0.2, -0.15) is 0 Å². The number of rotatable bonds is 8. The first-order chi connectivity index (χ1) is 14.6. The zero-order valence-electron chi connectivity index (χ0n) is 17.5. The van der Waals surface area contributed by atoms with Crippen molar-refractivity contribution in [2.24, 2.45) is 0 Å². The van der Waals surface area contributed by atoms with Gasteiger partial charge >= 0.3 is 0 Å². The van der Waals surface area contributed by atoms with E-state index in [-0.39, 0.29) is 18.5 Å². The highest BCUT2D eigenvalue weighted by Crippen LogP contribution is 2.23. The van der Waals surface area contributed by atoms with Crippen molar-refractivity contribution < 1.29 is 14.3 Å². The number of hydrogen-bond donors (Lipinski definition) is 1. The molecule has 7 nitrogen and oxygen atoms in total. The van der Waals surface area contributed by atoms with Crippen LogP contribution >= 0.6 is 0 Å². The zero-order valence-corrected chi connectivity index (χ0v) is 17.5. The van der Waals surface area contributed by atoms with Crippen LogP contribution in [0.1, 0.15) is 18.8 Å². The number of para-hydroxylation sites is 2. The van der Waals surface area contributed by atoms with E-state index < -0.39 is 0 Å². The number of benzene rings is 2. The third kappa shape index (κ3) is 3.89. The molecule has 30 heavy (non-hydrogen) atoms. The molecule has 1 amide bonds. The lowest BCUT2D eigenvalue weighted by Crippen LogP contribution is -2.31. The summed E-state index contributed by atoms with van der Waals surface area (Å²) >= 11 is 0. The van der Waals surface area contributed by atoms with Gasteiger partial charge in [-0.3, -0.25) is 4.79 Å². The van der Waals surface area contributed by atoms with Crippen molar-refractivity contribution in [1.29, 1.82) is 0 Å². The lowest BCUT2D eigenvalue weighted by Gasteiger charge is -2.17. The molecule has 0 unspecified atom stereocenters. The average Bonchev–Trinajstić information content (AvgIpc) is 3.33. The van der Waals surface area contributed by atoms with Gasteiger partial charge in [0, 0.05) is 30.8 Å². The maximum Gasteiger partial charge on any atom is 0.240 e. The number of hydrogen-bond acceptors (Lipinski definition) is 4. The summed E-state index contributed by atoms with van der Waals surface area (Å²) in [5.41, 5.74) is 2.94. The van der Waals surface area contributed by atoms with Gasteiger partial charge < -0.3 is 23.9 Å². The van der Waals surface area contributed by atoms with E-state index in [9.17, 15) is 4.79 Å². The van der Waals surface area contributed by atoms with Crippen LogP contribution < -0.4 is 10.1 Å². The van der Waals surface area contributed by atoms with Crippen LogP contribution in [0.15, 0.2) is 54.7 Å². The summed E-state index contributed by atoms with van der Waals surface area (Å²) in [5, 5.41) is 4.13. The molecule has 156 valence electrons. The molecule has 0 aliphatic carbocycles. The van der Waals surface area contributed by atoms with Crippen molar-refractivity contribution in [3.8, 4) is 5.75 Å². The van der Waals surface area contributed by atoms with Crippen LogP contribution in [0.2, 0.25) is 0 Å². The van der Waals surface area contributed by atoms with Crippen molar-refractivity contribution >= 4 is 27.8 Å². The molecule has 2 aromatic heterocycles. The molecule has 0 radical (unpaired) electrons. The number of amides is 1. The van der Waals surface area contributed by atoms with Gasteiger partial charge in [0.05, 0.1) is 30.8 Å². The Kier molecular flexibility index (Phi) is 5.72. The number of aromatic nitrogens is 3. The summed E-state index contributed by atoms with van der Waals surface area (Å²) < 4.78 is 14.6. The SMILES string of the molecule is COCCn1c([C@H](C)NC(=O)Cn2ccc3cc(OC)ccc32)nc2ccccc21. The largest absolute Gasteiger partial charge is 0.497 e. The highest BCUT2D eigenvalue weighted by atomic mass is 16.5. The van der Waals surface area contributed by atoms with Gasteiger partial charge in [-0.05, 0) is 43.3 Å². The number of fused-ring (bicyclic) bond motifs is 2. The molecule has 2 heterocycles. The maximum absolute atomic E-state index is 12.8. The third-order valence-corrected chi connectivity index (χ3v) is 5.26. The van der Waals surface area contributed by atoms with Crippen LogP contribution in [0.3, 0.4) is 0 Å². The molecule has 1 atom stereocenters. The number of carbonyl (C=O) groups is 1. The van der Waals surface area contributed by atoms with Crippen LogP contribution in [0.5, 0.6) is 5.75 Å². The van der Waals surface area contributed by atoms with Crippen molar-refractivity contribution in [3.63, 3.8) is 0 Å². The standard InChI is InChI=1S/C23H26N4O3/c1-16(23-25-19-6-4-5-7-21(19)27(23)12-13-29-2)24-22(28)15-26-11-10-17-14-18(30-3)8-9-20(17)26/h4-11,14,16H,12-13,15H2,1-3H3,(H,24,28)/t16-/m0/s1. The smallest absolute Gasteiger partial charge is 0.240 e. The first kappa shape index (κ1) is 20.0. The fourth-order valence-electron chi connectivity index (χ4n) is 3.79. The summed E-state index contributed by atoms with van der Waals surface area (Å²) in [6.45, 7) is 3.45. The van der Waals surface area contributed by atoms with E-state index in [0.29, 0.717) is 13.2 Å². The Morgan fingerprint density at radius 2 is 1.97 bits per heavy atom. The van der Waals surface area contributed by atoms with Gasteiger partial charge in [0.2, 0.25) is 5.91 Å². The highest BCUT2D eigenvalue weighted by molar-refractivity contribution is 5.84. The second-order valence-corrected chi connectivity index (χ2v) is 7.26. The number of ether oxygens (including phenoxy) is 2. The topological polar surface area (TPSA) is 70.3 Å². The van der Waals surface area contributed by atoms with Crippen molar-refractivity contribution in [2.45, 2.75) is 26.1 Å². The first-order valence-electron chi connectivity index (χ1n) is 9.97. The lowest BCUT2D eigenvalue weighted by atomic mass is 10.2. The summed E-state index contributed by atoms with van der Waals surface area (Å²) in [6.07, 6.45) is 1.92. The predicted molar refractivity (Wildman–Crippen MR) is 117 cm³/mol. The molecule has 4 rings (SSSR count). The molecule has 7 heteroatoms. The van der Waals surface area contributed by atoms with Crippen LogP contribution in [0.4, 0.5) is 0 Å². The second-order valence-electron chi connectivity index (χ2n) is 7.26. The molecule has 0 aliphatic rings. The summed E-state index contributed by atoms with van der Waals surface area (Å²) in [5.74, 6) is 1.55. The van der Waals surface area contributed by atoms with E-state index in [0.717, 1.165) is 33.5 Å². The van der Waals surface area contributed by atoms with E-state index in [1.165, 1.54) is 0 Å². The Morgan fingerprint density at radius 3 is 2.77 bits per heavy atom. The Morgan fingerprint density at radius 1 is 1.13 bits per heavy atom. The fourth-order valence-corrected chi connectivity index (χ4v) is 3.79. The summed E-state index contributed by atoms with van der Waals surface area (Å²) in [6, 6.07) is 15.6. The number of imidazole rings is 1. The third-order valence-electron chi connectivity index (χ3n) is 5.26. The minimum absolute atomic E-state index is 0.0684. The van der Waals surface area contributed by atoms with Gasteiger partial charge in [-0.1, -0.05) is 12.1 Å². The Labute approximate surface area is 175 Å². The van der Waals surface area contributed by atoms with E-state index in [1.54, 1.807) is 14.2 Å². The number of nitrogens with zero attached hydrogens (tertiary/aromatic N) is 3. The molecular formula is C23H26N4O3. The van der Waals surface area contributed by atoms with E-state index in [2.05, 4.69) is 9.88 Å². The van der Waals surface area contributed by atoms with Gasteiger partial charge in [-0.25, -0.2) is 4.98 Å². The quantitative estimate of drug-likeness (QED) is 0.486. The molecule has 2 aromatic carbocycles. The number of carbonyl (C=O) groups excluding carboxylic acids is 1. The number of nitrogens with one attached hydrogen (secondary N) is 1. The molecule has 0 fully saturated rings. The molecule has 0 aliphatic heterocycles. The first-order valence-corrected chi connectivity index (χ1v) is 9.97. The van der Waals surface area contributed by atoms with E-state index in [4.69, 9.17) is 14.5 Å². The average molecular weight is 406 g/mol. The Hall–Kier alpha value is -3.32. The minimum atomic E-state index is -0.233. The fraction of sp³-hybridized carbons (Fsp3) is 0.304. The van der Waals surface area contributed by atoms with Gasteiger partial charge in [0.15, 0.2) is 0 Å². The molecule has 0 spiro atoms. The van der Waals surface area contributed by atoms with Crippen molar-refractivity contribution in [2.75, 3.05) is 20.8 Å². The summed E-state index contributed by atoms with van der Waals surface area (Å²) in [4.78, 5) is 17.5. The molecule has 0 saturated heterocycles. The van der Waals surface area contributed by atoms with Crippen LogP contribution in [-0.4, -0.2) is 40.9 Å². The van der Waals surface area contributed by atoms with Crippen LogP contribution in [-0.2, 0) is 22.6 Å².